The van der Waals surface area contributed by atoms with Gasteiger partial charge in [-0.2, -0.15) is 0 Å². The van der Waals surface area contributed by atoms with Crippen LogP contribution in [0.3, 0.4) is 0 Å². The lowest BCUT2D eigenvalue weighted by molar-refractivity contribution is -0.123. The molecule has 0 aliphatic heterocycles. The summed E-state index contributed by atoms with van der Waals surface area (Å²) in [5.41, 5.74) is 7.16. The molecular weight excluding hydrogens is 240 g/mol. The summed E-state index contributed by atoms with van der Waals surface area (Å²) in [5.74, 6) is 0.623. The van der Waals surface area contributed by atoms with Gasteiger partial charge in [0.1, 0.15) is 6.61 Å². The molecule has 0 atom stereocenters. The van der Waals surface area contributed by atoms with Crippen molar-refractivity contribution in [2.45, 2.75) is 25.7 Å². The van der Waals surface area contributed by atoms with E-state index in [-0.39, 0.29) is 12.5 Å². The van der Waals surface area contributed by atoms with Crippen LogP contribution in [0, 0.1) is 5.92 Å². The van der Waals surface area contributed by atoms with Gasteiger partial charge in [0.05, 0.1) is 6.61 Å². The number of nitrogens with two attached hydrogens (primary N) is 1. The predicted octanol–water partition coefficient (Wildman–Crippen LogP) is 2.44. The highest BCUT2D eigenvalue weighted by Gasteiger charge is 2.16. The van der Waals surface area contributed by atoms with Crippen LogP contribution < -0.4 is 10.6 Å². The molecule has 1 aromatic rings. The SMILES string of the molecule is CN(C(=O)COCC1CCCC1)c1ccc(N)cc1. The third kappa shape index (κ3) is 3.96. The Labute approximate surface area is 114 Å². The molecule has 2 N–H and O–H groups in total. The van der Waals surface area contributed by atoms with E-state index in [1.807, 2.05) is 12.1 Å². The van der Waals surface area contributed by atoms with Gasteiger partial charge in [-0.25, -0.2) is 0 Å². The highest BCUT2D eigenvalue weighted by Crippen LogP contribution is 2.24. The number of rotatable bonds is 5. The van der Waals surface area contributed by atoms with Crippen LogP contribution in [0.25, 0.3) is 0 Å². The predicted molar refractivity (Wildman–Crippen MR) is 77.0 cm³/mol. The van der Waals surface area contributed by atoms with Crippen LogP contribution in [0.4, 0.5) is 11.4 Å². The van der Waals surface area contributed by atoms with Crippen LogP contribution in [0.5, 0.6) is 0 Å². The summed E-state index contributed by atoms with van der Waals surface area (Å²) in [6, 6.07) is 7.26. The van der Waals surface area contributed by atoms with Crippen LogP contribution >= 0.6 is 0 Å². The van der Waals surface area contributed by atoms with E-state index >= 15 is 0 Å². The highest BCUT2D eigenvalue weighted by molar-refractivity contribution is 5.93. The first-order valence-electron chi connectivity index (χ1n) is 6.86. The molecule has 0 radical (unpaired) electrons. The number of nitrogens with zero attached hydrogens (tertiary/aromatic N) is 1. The zero-order valence-corrected chi connectivity index (χ0v) is 11.5. The lowest BCUT2D eigenvalue weighted by Crippen LogP contribution is -2.30. The average molecular weight is 262 g/mol. The molecule has 1 fully saturated rings. The molecule has 0 spiro atoms. The summed E-state index contributed by atoms with van der Waals surface area (Å²) in [5, 5.41) is 0. The monoisotopic (exact) mass is 262 g/mol. The number of carbonyl (C=O) groups is 1. The van der Waals surface area contributed by atoms with E-state index in [0.717, 1.165) is 5.69 Å². The Kier molecular flexibility index (Phi) is 4.80. The number of ether oxygens (including phenoxy) is 1. The zero-order valence-electron chi connectivity index (χ0n) is 11.5. The molecule has 4 heteroatoms. The Bertz CT molecular complexity index is 411. The molecule has 0 aromatic heterocycles. The van der Waals surface area contributed by atoms with Crippen molar-refractivity contribution < 1.29 is 9.53 Å². The number of amides is 1. The van der Waals surface area contributed by atoms with Gasteiger partial charge in [-0.1, -0.05) is 12.8 Å². The first kappa shape index (κ1) is 13.9. The second kappa shape index (κ2) is 6.57. The third-order valence-corrected chi connectivity index (χ3v) is 3.71. The van der Waals surface area contributed by atoms with Gasteiger partial charge in [0, 0.05) is 18.4 Å². The molecule has 104 valence electrons. The second-order valence-electron chi connectivity index (χ2n) is 5.21. The number of nitrogen functional groups attached to an aromatic ring is 1. The smallest absolute Gasteiger partial charge is 0.252 e. The number of anilines is 2. The molecule has 2 rings (SSSR count). The molecule has 0 saturated heterocycles. The molecule has 1 aromatic carbocycles. The zero-order chi connectivity index (χ0) is 13.7. The van der Waals surface area contributed by atoms with Crippen LogP contribution in [-0.2, 0) is 9.53 Å². The fourth-order valence-corrected chi connectivity index (χ4v) is 2.43. The van der Waals surface area contributed by atoms with Crippen LogP contribution in [0.15, 0.2) is 24.3 Å². The van der Waals surface area contributed by atoms with Gasteiger partial charge in [0.25, 0.3) is 5.91 Å². The van der Waals surface area contributed by atoms with Crippen LogP contribution in [-0.4, -0.2) is 26.2 Å². The standard InChI is InChI=1S/C15H22N2O2/c1-17(14-8-6-13(16)7-9-14)15(18)11-19-10-12-4-2-3-5-12/h6-9,12H,2-5,10-11,16H2,1H3. The summed E-state index contributed by atoms with van der Waals surface area (Å²) in [6.45, 7) is 0.860. The number of carbonyl (C=O) groups excluding carboxylic acids is 1. The molecule has 1 aliphatic carbocycles. The maximum Gasteiger partial charge on any atom is 0.252 e. The molecular formula is C15H22N2O2. The van der Waals surface area contributed by atoms with Gasteiger partial charge in [0.2, 0.25) is 0 Å². The molecule has 1 saturated carbocycles. The molecule has 4 nitrogen and oxygen atoms in total. The van der Waals surface area contributed by atoms with Gasteiger partial charge in [0.15, 0.2) is 0 Å². The van der Waals surface area contributed by atoms with Crippen LogP contribution in [0.1, 0.15) is 25.7 Å². The Morgan fingerprint density at radius 1 is 1.32 bits per heavy atom. The van der Waals surface area contributed by atoms with E-state index in [9.17, 15) is 4.79 Å². The number of likely N-dealkylation sites (N-methyl/N-ethyl adjacent to an activating group) is 1. The summed E-state index contributed by atoms with van der Waals surface area (Å²) < 4.78 is 5.53. The third-order valence-electron chi connectivity index (χ3n) is 3.71. The molecule has 0 bridgehead atoms. The highest BCUT2D eigenvalue weighted by atomic mass is 16.5. The maximum atomic E-state index is 12.0. The minimum absolute atomic E-state index is 0.0252. The van der Waals surface area contributed by atoms with Crippen molar-refractivity contribution in [1.82, 2.24) is 0 Å². The van der Waals surface area contributed by atoms with E-state index in [1.54, 1.807) is 24.1 Å². The summed E-state index contributed by atoms with van der Waals surface area (Å²) >= 11 is 0. The molecule has 1 amide bonds. The van der Waals surface area contributed by atoms with Crippen molar-refractivity contribution in [2.24, 2.45) is 5.92 Å². The van der Waals surface area contributed by atoms with Crippen LogP contribution in [0.2, 0.25) is 0 Å². The largest absolute Gasteiger partial charge is 0.399 e. The Hall–Kier alpha value is -1.55. The molecule has 19 heavy (non-hydrogen) atoms. The van der Waals surface area contributed by atoms with Gasteiger partial charge >= 0.3 is 0 Å². The summed E-state index contributed by atoms with van der Waals surface area (Å²) in [6.07, 6.45) is 5.07. The van der Waals surface area contributed by atoms with Crippen molar-refractivity contribution in [3.8, 4) is 0 Å². The second-order valence-corrected chi connectivity index (χ2v) is 5.21. The molecule has 1 aliphatic rings. The lowest BCUT2D eigenvalue weighted by atomic mass is 10.1. The van der Waals surface area contributed by atoms with E-state index in [2.05, 4.69) is 0 Å². The van der Waals surface area contributed by atoms with Crippen molar-refractivity contribution >= 4 is 17.3 Å². The van der Waals surface area contributed by atoms with Gasteiger partial charge in [-0.15, -0.1) is 0 Å². The fraction of sp³-hybridized carbons (Fsp3) is 0.533. The number of hydrogen-bond acceptors (Lipinski definition) is 3. The Morgan fingerprint density at radius 2 is 1.95 bits per heavy atom. The first-order valence-corrected chi connectivity index (χ1v) is 6.86. The normalized spacial score (nSPS) is 15.6. The van der Waals surface area contributed by atoms with Crippen molar-refractivity contribution in [3.63, 3.8) is 0 Å². The average Bonchev–Trinajstić information content (AvgIpc) is 2.92. The van der Waals surface area contributed by atoms with Crippen molar-refractivity contribution in [2.75, 3.05) is 30.9 Å². The topological polar surface area (TPSA) is 55.6 Å². The Morgan fingerprint density at radius 3 is 2.58 bits per heavy atom. The van der Waals surface area contributed by atoms with E-state index in [0.29, 0.717) is 18.2 Å². The molecule has 0 unspecified atom stereocenters. The fourth-order valence-electron chi connectivity index (χ4n) is 2.43. The van der Waals surface area contributed by atoms with E-state index in [4.69, 9.17) is 10.5 Å². The quantitative estimate of drug-likeness (QED) is 0.829. The van der Waals surface area contributed by atoms with Gasteiger partial charge in [-0.3, -0.25) is 4.79 Å². The first-order chi connectivity index (χ1) is 9.16. The maximum absolute atomic E-state index is 12.0. The summed E-state index contributed by atoms with van der Waals surface area (Å²) in [7, 11) is 1.76. The van der Waals surface area contributed by atoms with Gasteiger partial charge < -0.3 is 15.4 Å². The molecule has 0 heterocycles. The Balaban J connectivity index is 1.77. The minimum Gasteiger partial charge on any atom is -0.399 e. The minimum atomic E-state index is -0.0252. The van der Waals surface area contributed by atoms with Crippen molar-refractivity contribution in [3.05, 3.63) is 24.3 Å². The number of benzene rings is 1. The van der Waals surface area contributed by atoms with E-state index < -0.39 is 0 Å². The number of hydrogen-bond donors (Lipinski definition) is 1. The van der Waals surface area contributed by atoms with Crippen molar-refractivity contribution in [1.29, 1.82) is 0 Å². The van der Waals surface area contributed by atoms with Gasteiger partial charge in [-0.05, 0) is 43.0 Å². The lowest BCUT2D eigenvalue weighted by Gasteiger charge is -2.18. The summed E-state index contributed by atoms with van der Waals surface area (Å²) in [4.78, 5) is 13.6. The van der Waals surface area contributed by atoms with E-state index in [1.165, 1.54) is 25.7 Å².